The Kier molecular flexibility index (Phi) is 6.46. The summed E-state index contributed by atoms with van der Waals surface area (Å²) in [5.74, 6) is 0.472. The second-order valence-electron chi connectivity index (χ2n) is 8.48. The van der Waals surface area contributed by atoms with Crippen LogP contribution in [0.3, 0.4) is 0 Å². The Balaban J connectivity index is 1.56. The van der Waals surface area contributed by atoms with Gasteiger partial charge in [0, 0.05) is 17.6 Å². The van der Waals surface area contributed by atoms with Crippen molar-refractivity contribution in [3.05, 3.63) is 59.7 Å². The van der Waals surface area contributed by atoms with Crippen molar-refractivity contribution in [2.75, 3.05) is 5.75 Å². The number of carbonyl (C=O) groups is 2. The van der Waals surface area contributed by atoms with Crippen molar-refractivity contribution < 1.29 is 9.59 Å². The van der Waals surface area contributed by atoms with Gasteiger partial charge in [-0.3, -0.25) is 9.59 Å². The topological polar surface area (TPSA) is 55.2 Å². The lowest BCUT2D eigenvalue weighted by Crippen LogP contribution is -2.48. The van der Waals surface area contributed by atoms with E-state index in [1.807, 2.05) is 64.9 Å². The molecule has 1 aliphatic heterocycles. The molecule has 0 radical (unpaired) electrons. The molecule has 5 nitrogen and oxygen atoms in total. The van der Waals surface area contributed by atoms with E-state index in [0.717, 1.165) is 29.4 Å². The molecule has 0 bridgehead atoms. The second kappa shape index (κ2) is 9.27. The summed E-state index contributed by atoms with van der Waals surface area (Å²) in [4.78, 5) is 32.7. The van der Waals surface area contributed by atoms with Crippen molar-refractivity contribution in [3.8, 4) is 0 Å². The van der Waals surface area contributed by atoms with Crippen LogP contribution >= 0.6 is 11.8 Å². The Bertz CT molecular complexity index is 1080. The highest BCUT2D eigenvalue weighted by atomic mass is 32.2. The maximum Gasteiger partial charge on any atom is 0.243 e. The number of imidazole rings is 1. The van der Waals surface area contributed by atoms with Crippen molar-refractivity contribution in [1.29, 1.82) is 0 Å². The lowest BCUT2D eigenvalue weighted by atomic mass is 9.97. The van der Waals surface area contributed by atoms with Crippen LogP contribution in [0, 0.1) is 6.92 Å². The number of ketones is 1. The van der Waals surface area contributed by atoms with Gasteiger partial charge in [-0.2, -0.15) is 0 Å². The van der Waals surface area contributed by atoms with E-state index >= 15 is 0 Å². The number of carbonyl (C=O) groups excluding carboxylic acids is 2. The molecule has 2 unspecified atom stereocenters. The van der Waals surface area contributed by atoms with Gasteiger partial charge >= 0.3 is 0 Å². The smallest absolute Gasteiger partial charge is 0.243 e. The summed E-state index contributed by atoms with van der Waals surface area (Å²) >= 11 is 1.40. The van der Waals surface area contributed by atoms with Gasteiger partial charge in [0.15, 0.2) is 10.9 Å². The first-order chi connectivity index (χ1) is 14.9. The van der Waals surface area contributed by atoms with E-state index in [1.54, 1.807) is 0 Å². The normalized spacial score (nSPS) is 19.0. The van der Waals surface area contributed by atoms with Crippen LogP contribution in [0.25, 0.3) is 11.0 Å². The van der Waals surface area contributed by atoms with Crippen LogP contribution in [0.15, 0.2) is 53.7 Å². The third-order valence-corrected chi connectivity index (χ3v) is 7.08. The van der Waals surface area contributed by atoms with Gasteiger partial charge in [0.1, 0.15) is 6.54 Å². The average Bonchev–Trinajstić information content (AvgIpc) is 3.10. The number of nitrogens with zero attached hydrogens (tertiary/aromatic N) is 3. The molecule has 4 rings (SSSR count). The highest BCUT2D eigenvalue weighted by Gasteiger charge is 2.29. The van der Waals surface area contributed by atoms with E-state index in [4.69, 9.17) is 4.98 Å². The van der Waals surface area contributed by atoms with E-state index < -0.39 is 0 Å². The molecule has 1 aromatic heterocycles. The van der Waals surface area contributed by atoms with Crippen LogP contribution in [0.5, 0.6) is 0 Å². The van der Waals surface area contributed by atoms with Gasteiger partial charge in [-0.05, 0) is 52.2 Å². The fourth-order valence-electron chi connectivity index (χ4n) is 4.40. The van der Waals surface area contributed by atoms with Crippen LogP contribution < -0.4 is 0 Å². The quantitative estimate of drug-likeness (QED) is 0.399. The van der Waals surface area contributed by atoms with Crippen molar-refractivity contribution >= 4 is 34.5 Å². The van der Waals surface area contributed by atoms with Crippen LogP contribution in [0.4, 0.5) is 0 Å². The molecule has 3 aromatic rings. The number of Topliss-reactive ketones (excluding diaryl/α,β-unsaturated/α-hetero) is 1. The Morgan fingerprint density at radius 1 is 1.03 bits per heavy atom. The number of likely N-dealkylation sites (tertiary alicyclic amines) is 1. The lowest BCUT2D eigenvalue weighted by Gasteiger charge is -2.39. The Hall–Kier alpha value is -2.60. The van der Waals surface area contributed by atoms with Gasteiger partial charge < -0.3 is 9.47 Å². The van der Waals surface area contributed by atoms with Crippen molar-refractivity contribution in [2.24, 2.45) is 0 Å². The van der Waals surface area contributed by atoms with Crippen molar-refractivity contribution in [3.63, 3.8) is 0 Å². The summed E-state index contributed by atoms with van der Waals surface area (Å²) in [6, 6.07) is 16.0. The maximum atomic E-state index is 13.3. The first kappa shape index (κ1) is 21.6. The third-order valence-electron chi connectivity index (χ3n) is 6.10. The van der Waals surface area contributed by atoms with Crippen molar-refractivity contribution in [1.82, 2.24) is 14.5 Å². The minimum absolute atomic E-state index is 0.0632. The Labute approximate surface area is 187 Å². The molecule has 2 atom stereocenters. The third kappa shape index (κ3) is 4.69. The summed E-state index contributed by atoms with van der Waals surface area (Å²) in [6.07, 6.45) is 3.27. The highest BCUT2D eigenvalue weighted by Crippen LogP contribution is 2.27. The molecular weight excluding hydrogens is 406 g/mol. The summed E-state index contributed by atoms with van der Waals surface area (Å²) < 4.78 is 1.97. The van der Waals surface area contributed by atoms with Gasteiger partial charge in [-0.15, -0.1) is 0 Å². The van der Waals surface area contributed by atoms with Gasteiger partial charge in [0.05, 0.1) is 16.8 Å². The van der Waals surface area contributed by atoms with Crippen molar-refractivity contribution in [2.45, 2.75) is 63.8 Å². The highest BCUT2D eigenvalue weighted by molar-refractivity contribution is 7.99. The number of hydrogen-bond donors (Lipinski definition) is 0. The molecule has 0 saturated carbocycles. The van der Waals surface area contributed by atoms with E-state index in [0.29, 0.717) is 10.7 Å². The minimum atomic E-state index is 0.0632. The molecule has 0 spiro atoms. The second-order valence-corrected chi connectivity index (χ2v) is 9.42. The van der Waals surface area contributed by atoms with Gasteiger partial charge in [-0.25, -0.2) is 4.98 Å². The fraction of sp³-hybridized carbons (Fsp3) is 0.400. The number of para-hydroxylation sites is 2. The molecule has 2 aromatic carbocycles. The number of rotatable bonds is 6. The summed E-state index contributed by atoms with van der Waals surface area (Å²) in [5.41, 5.74) is 3.61. The predicted molar refractivity (Wildman–Crippen MR) is 126 cm³/mol. The first-order valence-corrected chi connectivity index (χ1v) is 11.9. The summed E-state index contributed by atoms with van der Waals surface area (Å²) in [6.45, 7) is 6.52. The van der Waals surface area contributed by atoms with Crippen LogP contribution in [0.1, 0.15) is 49.0 Å². The standard InChI is InChI=1S/C25H29N3O2S/c1-17-11-13-20(14-12-17)23(29)16-31-25-26-21-9-4-5-10-22(21)27(25)15-24(30)28-18(2)7-6-8-19(28)3/h4-5,9-14,18-19H,6-8,15-16H2,1-3H3. The van der Waals surface area contributed by atoms with Gasteiger partial charge in [-0.1, -0.05) is 53.7 Å². The molecule has 6 heteroatoms. The molecule has 0 aliphatic carbocycles. The van der Waals surface area contributed by atoms with Crippen LogP contribution in [-0.2, 0) is 11.3 Å². The maximum absolute atomic E-state index is 13.3. The Morgan fingerprint density at radius 3 is 2.42 bits per heavy atom. The number of aromatic nitrogens is 2. The van der Waals surface area contributed by atoms with Gasteiger partial charge in [0.2, 0.25) is 5.91 Å². The monoisotopic (exact) mass is 435 g/mol. The lowest BCUT2D eigenvalue weighted by molar-refractivity contribution is -0.138. The molecular formula is C25H29N3O2S. The molecule has 162 valence electrons. The zero-order valence-electron chi connectivity index (χ0n) is 18.4. The van der Waals surface area contributed by atoms with E-state index in [9.17, 15) is 9.59 Å². The number of amides is 1. The van der Waals surface area contributed by atoms with Gasteiger partial charge in [0.25, 0.3) is 0 Å². The van der Waals surface area contributed by atoms with Crippen LogP contribution in [0.2, 0.25) is 0 Å². The molecule has 31 heavy (non-hydrogen) atoms. The molecule has 2 heterocycles. The summed E-state index contributed by atoms with van der Waals surface area (Å²) in [7, 11) is 0. The number of hydrogen-bond acceptors (Lipinski definition) is 4. The first-order valence-electron chi connectivity index (χ1n) is 10.9. The molecule has 1 aliphatic rings. The van der Waals surface area contributed by atoms with E-state index in [1.165, 1.54) is 18.2 Å². The number of thioether (sulfide) groups is 1. The fourth-order valence-corrected chi connectivity index (χ4v) is 5.31. The number of aryl methyl sites for hydroxylation is 1. The summed E-state index contributed by atoms with van der Waals surface area (Å²) in [5, 5.41) is 0.715. The molecule has 1 saturated heterocycles. The molecule has 0 N–H and O–H groups in total. The molecule has 1 fully saturated rings. The SMILES string of the molecule is Cc1ccc(C(=O)CSc2nc3ccccc3n2CC(=O)N2C(C)CCCC2C)cc1. The molecule has 1 amide bonds. The number of fused-ring (bicyclic) bond motifs is 1. The number of piperidine rings is 1. The predicted octanol–water partition coefficient (Wildman–Crippen LogP) is 5.11. The number of benzene rings is 2. The van der Waals surface area contributed by atoms with Crippen LogP contribution in [-0.4, -0.2) is 44.0 Å². The zero-order valence-corrected chi connectivity index (χ0v) is 19.2. The average molecular weight is 436 g/mol. The van der Waals surface area contributed by atoms with E-state index in [2.05, 4.69) is 13.8 Å². The zero-order chi connectivity index (χ0) is 22.0. The Morgan fingerprint density at radius 2 is 1.71 bits per heavy atom. The van der Waals surface area contributed by atoms with E-state index in [-0.39, 0.29) is 36.1 Å². The largest absolute Gasteiger partial charge is 0.336 e. The minimum Gasteiger partial charge on any atom is -0.336 e.